The van der Waals surface area contributed by atoms with Crippen molar-refractivity contribution in [2.45, 2.75) is 6.42 Å². The molecule has 0 atom stereocenters. The molecule has 0 radical (unpaired) electrons. The summed E-state index contributed by atoms with van der Waals surface area (Å²) in [6, 6.07) is 9.95. The summed E-state index contributed by atoms with van der Waals surface area (Å²) in [5, 5.41) is 6.26. The summed E-state index contributed by atoms with van der Waals surface area (Å²) in [6.07, 6.45) is 0.320. The second-order valence-corrected chi connectivity index (χ2v) is 5.52. The maximum Gasteiger partial charge on any atom is 0.257 e. The van der Waals surface area contributed by atoms with Crippen LogP contribution in [-0.2, 0) is 11.2 Å². The summed E-state index contributed by atoms with van der Waals surface area (Å²) in [5.74, 6) is -0.372. The highest BCUT2D eigenvalue weighted by Crippen LogP contribution is 2.27. The van der Waals surface area contributed by atoms with Crippen LogP contribution in [0.5, 0.6) is 0 Å². The number of carbonyl (C=O) groups excluding carboxylic acids is 2. The highest BCUT2D eigenvalue weighted by atomic mass is 35.5. The third-order valence-electron chi connectivity index (χ3n) is 3.16. The van der Waals surface area contributed by atoms with Crippen molar-refractivity contribution in [3.8, 4) is 0 Å². The minimum absolute atomic E-state index is 0.0470. The number of amides is 2. The third-order valence-corrected chi connectivity index (χ3v) is 3.71. The number of carbonyl (C=O) groups is 2. The number of halogens is 2. The molecule has 0 aliphatic carbocycles. The lowest BCUT2D eigenvalue weighted by atomic mass is 10.1. The van der Waals surface area contributed by atoms with Crippen molar-refractivity contribution in [2.24, 2.45) is 0 Å². The molecular formula is C15H10Cl2N2O2. The standard InChI is InChI=1S/C15H10Cl2N2O2/c16-9-1-3-11(12(17)7-9)15(21)18-10-2-4-13-8(5-10)6-14(20)19-13/h1-5,7H,6H2,(H,18,21)(H,19,20). The van der Waals surface area contributed by atoms with Gasteiger partial charge in [0, 0.05) is 16.4 Å². The SMILES string of the molecule is O=C1Cc2cc(NC(=O)c3ccc(Cl)cc3Cl)ccc2N1. The van der Waals surface area contributed by atoms with Crippen LogP contribution >= 0.6 is 23.2 Å². The van der Waals surface area contributed by atoms with E-state index in [1.165, 1.54) is 6.07 Å². The van der Waals surface area contributed by atoms with Crippen LogP contribution in [0.4, 0.5) is 11.4 Å². The number of rotatable bonds is 2. The molecule has 0 fully saturated rings. The van der Waals surface area contributed by atoms with E-state index < -0.39 is 0 Å². The summed E-state index contributed by atoms with van der Waals surface area (Å²) in [4.78, 5) is 23.5. The molecule has 2 aromatic rings. The maximum atomic E-state index is 12.2. The molecule has 106 valence electrons. The van der Waals surface area contributed by atoms with Crippen molar-refractivity contribution < 1.29 is 9.59 Å². The van der Waals surface area contributed by atoms with E-state index in [-0.39, 0.29) is 16.8 Å². The highest BCUT2D eigenvalue weighted by Gasteiger charge is 2.18. The Morgan fingerprint density at radius 2 is 1.95 bits per heavy atom. The van der Waals surface area contributed by atoms with Gasteiger partial charge in [-0.15, -0.1) is 0 Å². The van der Waals surface area contributed by atoms with Crippen LogP contribution in [0.2, 0.25) is 10.0 Å². The van der Waals surface area contributed by atoms with Gasteiger partial charge in [0.05, 0.1) is 17.0 Å². The predicted octanol–water partition coefficient (Wildman–Crippen LogP) is 3.74. The van der Waals surface area contributed by atoms with E-state index in [1.54, 1.807) is 30.3 Å². The molecule has 0 saturated carbocycles. The van der Waals surface area contributed by atoms with Gasteiger partial charge in [-0.25, -0.2) is 0 Å². The Kier molecular flexibility index (Phi) is 3.57. The van der Waals surface area contributed by atoms with Gasteiger partial charge in [0.2, 0.25) is 5.91 Å². The van der Waals surface area contributed by atoms with E-state index in [0.29, 0.717) is 22.7 Å². The average molecular weight is 321 g/mol. The quantitative estimate of drug-likeness (QED) is 0.885. The molecular weight excluding hydrogens is 311 g/mol. The predicted molar refractivity (Wildman–Crippen MR) is 83.2 cm³/mol. The zero-order valence-electron chi connectivity index (χ0n) is 10.7. The zero-order chi connectivity index (χ0) is 15.0. The van der Waals surface area contributed by atoms with Gasteiger partial charge < -0.3 is 10.6 Å². The molecule has 1 heterocycles. The van der Waals surface area contributed by atoms with Gasteiger partial charge in [0.25, 0.3) is 5.91 Å². The fourth-order valence-corrected chi connectivity index (χ4v) is 2.67. The topological polar surface area (TPSA) is 58.2 Å². The Morgan fingerprint density at radius 1 is 1.14 bits per heavy atom. The third kappa shape index (κ3) is 2.86. The van der Waals surface area contributed by atoms with E-state index in [1.807, 2.05) is 0 Å². The Balaban J connectivity index is 1.82. The largest absolute Gasteiger partial charge is 0.326 e. The molecule has 3 rings (SSSR count). The zero-order valence-corrected chi connectivity index (χ0v) is 12.3. The van der Waals surface area contributed by atoms with Crippen LogP contribution in [0.1, 0.15) is 15.9 Å². The molecule has 2 aromatic carbocycles. The van der Waals surface area contributed by atoms with Gasteiger partial charge >= 0.3 is 0 Å². The van der Waals surface area contributed by atoms with Gasteiger partial charge in [-0.2, -0.15) is 0 Å². The van der Waals surface area contributed by atoms with Gasteiger partial charge in [-0.3, -0.25) is 9.59 Å². The van der Waals surface area contributed by atoms with Crippen molar-refractivity contribution in [1.82, 2.24) is 0 Å². The van der Waals surface area contributed by atoms with Gasteiger partial charge in [-0.1, -0.05) is 23.2 Å². The van der Waals surface area contributed by atoms with Crippen LogP contribution < -0.4 is 10.6 Å². The summed E-state index contributed by atoms with van der Waals surface area (Å²) in [6.45, 7) is 0. The first-order valence-corrected chi connectivity index (χ1v) is 6.98. The van der Waals surface area contributed by atoms with Crippen molar-refractivity contribution in [3.63, 3.8) is 0 Å². The maximum absolute atomic E-state index is 12.2. The Bertz CT molecular complexity index is 759. The minimum Gasteiger partial charge on any atom is -0.326 e. The number of nitrogens with one attached hydrogen (secondary N) is 2. The Hall–Kier alpha value is -2.04. The molecule has 0 unspecified atom stereocenters. The molecule has 6 heteroatoms. The first-order chi connectivity index (χ1) is 10.0. The van der Waals surface area contributed by atoms with Gasteiger partial charge in [0.15, 0.2) is 0 Å². The fourth-order valence-electron chi connectivity index (χ4n) is 2.18. The van der Waals surface area contributed by atoms with Gasteiger partial charge in [-0.05, 0) is 42.0 Å². The molecule has 0 saturated heterocycles. The molecule has 4 nitrogen and oxygen atoms in total. The van der Waals surface area contributed by atoms with Crippen LogP contribution in [0.25, 0.3) is 0 Å². The van der Waals surface area contributed by atoms with Crippen LogP contribution in [-0.4, -0.2) is 11.8 Å². The summed E-state index contributed by atoms with van der Waals surface area (Å²) < 4.78 is 0. The molecule has 0 spiro atoms. The monoisotopic (exact) mass is 320 g/mol. The Labute approximate surface area is 131 Å². The molecule has 21 heavy (non-hydrogen) atoms. The van der Waals surface area contributed by atoms with E-state index in [0.717, 1.165) is 11.3 Å². The smallest absolute Gasteiger partial charge is 0.257 e. The number of hydrogen-bond donors (Lipinski definition) is 2. The number of hydrogen-bond acceptors (Lipinski definition) is 2. The first kappa shape index (κ1) is 13.9. The molecule has 2 amide bonds. The normalized spacial score (nSPS) is 12.8. The van der Waals surface area contributed by atoms with E-state index in [2.05, 4.69) is 10.6 Å². The van der Waals surface area contributed by atoms with Crippen LogP contribution in [0.3, 0.4) is 0 Å². The summed E-state index contributed by atoms with van der Waals surface area (Å²) in [7, 11) is 0. The Morgan fingerprint density at radius 3 is 2.71 bits per heavy atom. The van der Waals surface area contributed by atoms with Crippen molar-refractivity contribution >= 4 is 46.4 Å². The van der Waals surface area contributed by atoms with Crippen LogP contribution in [0, 0.1) is 0 Å². The lowest BCUT2D eigenvalue weighted by Gasteiger charge is -2.08. The molecule has 1 aliphatic heterocycles. The average Bonchev–Trinajstić information content (AvgIpc) is 2.77. The number of anilines is 2. The molecule has 2 N–H and O–H groups in total. The highest BCUT2D eigenvalue weighted by molar-refractivity contribution is 6.37. The summed E-state index contributed by atoms with van der Waals surface area (Å²) >= 11 is 11.8. The van der Waals surface area contributed by atoms with E-state index in [9.17, 15) is 9.59 Å². The van der Waals surface area contributed by atoms with E-state index >= 15 is 0 Å². The summed E-state index contributed by atoms with van der Waals surface area (Å²) in [5.41, 5.74) is 2.60. The molecule has 0 aromatic heterocycles. The van der Waals surface area contributed by atoms with Gasteiger partial charge in [0.1, 0.15) is 0 Å². The molecule has 1 aliphatic rings. The first-order valence-electron chi connectivity index (χ1n) is 6.22. The van der Waals surface area contributed by atoms with E-state index in [4.69, 9.17) is 23.2 Å². The van der Waals surface area contributed by atoms with Crippen molar-refractivity contribution in [1.29, 1.82) is 0 Å². The van der Waals surface area contributed by atoms with Crippen LogP contribution in [0.15, 0.2) is 36.4 Å². The lowest BCUT2D eigenvalue weighted by molar-refractivity contribution is -0.115. The molecule has 0 bridgehead atoms. The van der Waals surface area contributed by atoms with Crippen molar-refractivity contribution in [2.75, 3.05) is 10.6 Å². The minimum atomic E-state index is -0.325. The second kappa shape index (κ2) is 5.39. The lowest BCUT2D eigenvalue weighted by Crippen LogP contribution is -2.12. The number of fused-ring (bicyclic) bond motifs is 1. The fraction of sp³-hybridized carbons (Fsp3) is 0.0667. The van der Waals surface area contributed by atoms with Crippen molar-refractivity contribution in [3.05, 3.63) is 57.6 Å². The number of benzene rings is 2. The second-order valence-electron chi connectivity index (χ2n) is 4.68.